The molecule has 2 aliphatic rings. The summed E-state index contributed by atoms with van der Waals surface area (Å²) in [4.78, 5) is 31.4. The third-order valence-corrected chi connectivity index (χ3v) is 8.31. The minimum Gasteiger partial charge on any atom is -0.444 e. The van der Waals surface area contributed by atoms with Gasteiger partial charge in [0, 0.05) is 44.1 Å². The van der Waals surface area contributed by atoms with Crippen LogP contribution >= 0.6 is 11.6 Å². The fourth-order valence-corrected chi connectivity index (χ4v) is 5.76. The molecule has 0 unspecified atom stereocenters. The molecule has 15 heteroatoms. The summed E-state index contributed by atoms with van der Waals surface area (Å²) < 4.78 is 29.3. The number of pyridine rings is 1. The van der Waals surface area contributed by atoms with E-state index in [9.17, 15) is 9.59 Å². The van der Waals surface area contributed by atoms with Crippen LogP contribution in [0.3, 0.4) is 0 Å². The summed E-state index contributed by atoms with van der Waals surface area (Å²) in [5, 5.41) is 14.6. The molecule has 2 N–H and O–H groups in total. The number of amides is 2. The second kappa shape index (κ2) is 16.8. The van der Waals surface area contributed by atoms with Gasteiger partial charge in [-0.25, -0.2) is 9.78 Å². The number of hydrogen-bond donors (Lipinski definition) is 2. The fraction of sp³-hybridized carbons (Fsp3) is 0.559. The smallest absolute Gasteiger partial charge is 0.407 e. The molecule has 0 saturated carbocycles. The van der Waals surface area contributed by atoms with Crippen molar-refractivity contribution in [1.29, 1.82) is 0 Å². The number of fused-ring (bicyclic) bond motifs is 1. The number of ether oxygens (including phenoxy) is 5. The highest BCUT2D eigenvalue weighted by Crippen LogP contribution is 2.38. The monoisotopic (exact) mass is 699 g/mol. The third-order valence-electron chi connectivity index (χ3n) is 8.11. The summed E-state index contributed by atoms with van der Waals surface area (Å²) >= 11 is 6.40. The molecule has 0 bridgehead atoms. The molecule has 4 heterocycles. The molecule has 3 aromatic rings. The van der Waals surface area contributed by atoms with Gasteiger partial charge >= 0.3 is 6.09 Å². The van der Waals surface area contributed by atoms with Crippen LogP contribution in [-0.2, 0) is 55.7 Å². The maximum atomic E-state index is 13.6. The van der Waals surface area contributed by atoms with Crippen molar-refractivity contribution >= 4 is 29.4 Å². The number of carbonyl (C=O) groups excluding carboxylic acids is 2. The van der Waals surface area contributed by atoms with Crippen LogP contribution in [0, 0.1) is 0 Å². The van der Waals surface area contributed by atoms with E-state index >= 15 is 0 Å². The first-order valence-corrected chi connectivity index (χ1v) is 16.8. The van der Waals surface area contributed by atoms with Gasteiger partial charge in [0.2, 0.25) is 0 Å². The van der Waals surface area contributed by atoms with Crippen LogP contribution in [0.15, 0.2) is 36.7 Å². The van der Waals surface area contributed by atoms with Crippen LogP contribution in [0.1, 0.15) is 53.6 Å². The van der Waals surface area contributed by atoms with Crippen molar-refractivity contribution in [2.45, 2.75) is 51.3 Å². The van der Waals surface area contributed by atoms with Crippen LogP contribution in [-0.4, -0.2) is 103 Å². The lowest BCUT2D eigenvalue weighted by atomic mass is 9.75. The minimum atomic E-state index is -0.525. The molecule has 1 saturated heterocycles. The van der Waals surface area contributed by atoms with Crippen molar-refractivity contribution in [2.24, 2.45) is 7.05 Å². The van der Waals surface area contributed by atoms with Crippen LogP contribution in [0.25, 0.3) is 0 Å². The van der Waals surface area contributed by atoms with Crippen molar-refractivity contribution in [3.63, 3.8) is 0 Å². The van der Waals surface area contributed by atoms with Crippen molar-refractivity contribution in [2.75, 3.05) is 70.8 Å². The summed E-state index contributed by atoms with van der Waals surface area (Å²) in [6.45, 7) is 11.2. The second-order valence-electron chi connectivity index (χ2n) is 13.2. The third kappa shape index (κ3) is 10.2. The van der Waals surface area contributed by atoms with Crippen LogP contribution in [0.5, 0.6) is 0 Å². The Morgan fingerprint density at radius 1 is 1.02 bits per heavy atom. The molecule has 0 atom stereocenters. The highest BCUT2D eigenvalue weighted by atomic mass is 35.5. The number of hydrogen-bond acceptors (Lipinski definition) is 11. The van der Waals surface area contributed by atoms with Gasteiger partial charge in [-0.3, -0.25) is 9.69 Å². The Balaban J connectivity index is 0.991. The lowest BCUT2D eigenvalue weighted by Gasteiger charge is -2.41. The van der Waals surface area contributed by atoms with Crippen molar-refractivity contribution in [3.05, 3.63) is 69.9 Å². The predicted octanol–water partition coefficient (Wildman–Crippen LogP) is 3.20. The van der Waals surface area contributed by atoms with E-state index in [1.165, 1.54) is 0 Å². The predicted molar refractivity (Wildman–Crippen MR) is 182 cm³/mol. The van der Waals surface area contributed by atoms with E-state index in [0.717, 1.165) is 22.5 Å². The van der Waals surface area contributed by atoms with Gasteiger partial charge in [-0.05, 0) is 55.7 Å². The molecular formula is C34H46ClN7O7. The Kier molecular flexibility index (Phi) is 12.6. The number of anilines is 1. The molecule has 2 aliphatic heterocycles. The molecule has 266 valence electrons. The van der Waals surface area contributed by atoms with Gasteiger partial charge in [0.25, 0.3) is 5.91 Å². The Bertz CT molecular complexity index is 1570. The van der Waals surface area contributed by atoms with Crippen molar-refractivity contribution in [1.82, 2.24) is 30.4 Å². The fourth-order valence-electron chi connectivity index (χ4n) is 5.54. The number of nitrogens with zero attached hydrogens (tertiary/aromatic N) is 5. The van der Waals surface area contributed by atoms with Gasteiger partial charge in [0.1, 0.15) is 28.7 Å². The van der Waals surface area contributed by atoms with E-state index < -0.39 is 11.7 Å². The van der Waals surface area contributed by atoms with E-state index in [1.807, 2.05) is 50.6 Å². The zero-order chi connectivity index (χ0) is 34.9. The van der Waals surface area contributed by atoms with E-state index in [2.05, 4.69) is 31.9 Å². The van der Waals surface area contributed by atoms with Gasteiger partial charge in [-0.15, -0.1) is 10.2 Å². The zero-order valence-electron chi connectivity index (χ0n) is 28.6. The number of alkyl carbamates (subject to hydrolysis) is 1. The van der Waals surface area contributed by atoms with Crippen LogP contribution in [0.2, 0.25) is 5.15 Å². The summed E-state index contributed by atoms with van der Waals surface area (Å²) in [7, 11) is 1.93. The van der Waals surface area contributed by atoms with Crippen molar-refractivity contribution in [3.8, 4) is 0 Å². The van der Waals surface area contributed by atoms with Gasteiger partial charge in [-0.1, -0.05) is 23.7 Å². The number of nitrogens with one attached hydrogen (secondary N) is 2. The van der Waals surface area contributed by atoms with Crippen LogP contribution in [0.4, 0.5) is 10.6 Å². The van der Waals surface area contributed by atoms with Crippen molar-refractivity contribution < 1.29 is 33.3 Å². The Morgan fingerprint density at radius 3 is 2.39 bits per heavy atom. The quantitative estimate of drug-likeness (QED) is 0.149. The zero-order valence-corrected chi connectivity index (χ0v) is 29.4. The van der Waals surface area contributed by atoms with Crippen LogP contribution < -0.4 is 15.5 Å². The summed E-state index contributed by atoms with van der Waals surface area (Å²) in [5.74, 6) is 1.30. The molecular weight excluding hydrogens is 654 g/mol. The van der Waals surface area contributed by atoms with E-state index in [4.69, 9.17) is 35.3 Å². The SMILES string of the molecule is Cn1cnnc1CC1(c2ccc3c(c2)C(=O)N(c2cc(CNCCOCCOCCOCCNC(=O)OC(C)(C)C)cc(Cl)n2)C3)COC1. The number of carbonyl (C=O) groups is 2. The lowest BCUT2D eigenvalue weighted by Crippen LogP contribution is -2.49. The summed E-state index contributed by atoms with van der Waals surface area (Å²) in [5.41, 5.74) is 2.83. The molecule has 0 spiro atoms. The number of aryl methyl sites for hydroxylation is 1. The maximum absolute atomic E-state index is 13.6. The molecule has 2 amide bonds. The number of aromatic nitrogens is 4. The van der Waals surface area contributed by atoms with Gasteiger partial charge < -0.3 is 38.9 Å². The van der Waals surface area contributed by atoms with E-state index in [1.54, 1.807) is 17.3 Å². The van der Waals surface area contributed by atoms with Gasteiger partial charge in [-0.2, -0.15) is 0 Å². The lowest BCUT2D eigenvalue weighted by molar-refractivity contribution is -0.0611. The highest BCUT2D eigenvalue weighted by molar-refractivity contribution is 6.29. The Labute approximate surface area is 291 Å². The average molecular weight is 700 g/mol. The highest BCUT2D eigenvalue weighted by Gasteiger charge is 2.43. The molecule has 1 aromatic carbocycles. The first kappa shape index (κ1) is 36.6. The summed E-state index contributed by atoms with van der Waals surface area (Å²) in [6.07, 6.45) is 1.91. The van der Waals surface area contributed by atoms with E-state index in [-0.39, 0.29) is 11.3 Å². The molecule has 0 aliphatic carbocycles. The average Bonchev–Trinajstić information content (AvgIpc) is 3.59. The number of rotatable bonds is 18. The Hall–Kier alpha value is -3.66. The number of halogens is 1. The normalized spacial score (nSPS) is 15.3. The largest absolute Gasteiger partial charge is 0.444 e. The molecule has 5 rings (SSSR count). The first-order chi connectivity index (χ1) is 23.5. The molecule has 49 heavy (non-hydrogen) atoms. The Morgan fingerprint density at radius 2 is 1.73 bits per heavy atom. The standard InChI is InChI=1S/C34H46ClN7O7/c1-33(2,3)49-32(44)37-8-10-46-12-14-47-13-11-45-9-7-36-19-24-15-28(35)39-29(16-24)42-20-25-5-6-26(17-27(25)31(42)43)34(21-48-22-34)18-30-40-38-23-41(30)4/h5-6,15-17,23,36H,7-14,18-22H2,1-4H3,(H,37,44). The van der Waals surface area contributed by atoms with E-state index in [0.29, 0.717) is 102 Å². The van der Waals surface area contributed by atoms with Gasteiger partial charge in [0.15, 0.2) is 0 Å². The molecule has 0 radical (unpaired) electrons. The molecule has 2 aromatic heterocycles. The number of benzene rings is 1. The van der Waals surface area contributed by atoms with Gasteiger partial charge in [0.05, 0.1) is 59.4 Å². The topological polar surface area (TPSA) is 151 Å². The first-order valence-electron chi connectivity index (χ1n) is 16.5. The minimum absolute atomic E-state index is 0.100. The summed E-state index contributed by atoms with van der Waals surface area (Å²) in [6, 6.07) is 9.80. The second-order valence-corrected chi connectivity index (χ2v) is 13.6. The molecule has 14 nitrogen and oxygen atoms in total. The maximum Gasteiger partial charge on any atom is 0.407 e. The molecule has 1 fully saturated rings.